The van der Waals surface area contributed by atoms with Gasteiger partial charge < -0.3 is 15.2 Å². The van der Waals surface area contributed by atoms with Crippen molar-refractivity contribution < 1.29 is 9.84 Å². The molecule has 2 atom stereocenters. The Kier molecular flexibility index (Phi) is 5.37. The maximum Gasteiger partial charge on any atom is 0.0681 e. The molecule has 0 saturated carbocycles. The highest BCUT2D eigenvalue weighted by Crippen LogP contribution is 2.20. The molecule has 1 aromatic rings. The van der Waals surface area contributed by atoms with Crippen molar-refractivity contribution >= 4 is 0 Å². The first-order valence-electron chi connectivity index (χ1n) is 7.22. The summed E-state index contributed by atoms with van der Waals surface area (Å²) >= 11 is 0. The van der Waals surface area contributed by atoms with Gasteiger partial charge in [-0.25, -0.2) is 0 Å². The number of nitrogens with one attached hydrogen (secondary N) is 1. The Labute approximate surface area is 116 Å². The lowest BCUT2D eigenvalue weighted by Gasteiger charge is -2.32. The van der Waals surface area contributed by atoms with Gasteiger partial charge in [-0.15, -0.1) is 0 Å². The number of aliphatic hydroxyl groups excluding tert-OH is 1. The smallest absolute Gasteiger partial charge is 0.0681 e. The van der Waals surface area contributed by atoms with E-state index >= 15 is 0 Å². The van der Waals surface area contributed by atoms with Gasteiger partial charge in [-0.1, -0.05) is 38.1 Å². The zero-order chi connectivity index (χ0) is 13.7. The lowest BCUT2D eigenvalue weighted by atomic mass is 9.95. The van der Waals surface area contributed by atoms with E-state index in [1.807, 2.05) is 12.1 Å². The van der Waals surface area contributed by atoms with Crippen LogP contribution in [0.5, 0.6) is 0 Å². The van der Waals surface area contributed by atoms with Crippen LogP contribution in [-0.2, 0) is 17.9 Å². The summed E-state index contributed by atoms with van der Waals surface area (Å²) in [6.07, 6.45) is 2.57. The highest BCUT2D eigenvalue weighted by Gasteiger charge is 2.24. The van der Waals surface area contributed by atoms with Crippen LogP contribution < -0.4 is 5.32 Å². The SMILES string of the molecule is CC(C)C1CC(NCc2cccc(CO)c2)CCO1. The summed E-state index contributed by atoms with van der Waals surface area (Å²) in [5.74, 6) is 0.585. The number of hydrogen-bond donors (Lipinski definition) is 2. The Morgan fingerprint density at radius 3 is 2.89 bits per heavy atom. The van der Waals surface area contributed by atoms with Gasteiger partial charge in [-0.05, 0) is 29.9 Å². The van der Waals surface area contributed by atoms with Gasteiger partial charge in [0.1, 0.15) is 0 Å². The molecule has 0 radical (unpaired) electrons. The van der Waals surface area contributed by atoms with Crippen LogP contribution in [0.3, 0.4) is 0 Å². The third-order valence-electron chi connectivity index (χ3n) is 3.83. The lowest BCUT2D eigenvalue weighted by Crippen LogP contribution is -2.40. The molecule has 0 aromatic heterocycles. The molecule has 1 aliphatic rings. The summed E-state index contributed by atoms with van der Waals surface area (Å²) in [6, 6.07) is 8.66. The minimum absolute atomic E-state index is 0.112. The third-order valence-corrected chi connectivity index (χ3v) is 3.83. The zero-order valence-electron chi connectivity index (χ0n) is 11.9. The molecule has 1 saturated heterocycles. The van der Waals surface area contributed by atoms with Crippen LogP contribution in [0.4, 0.5) is 0 Å². The van der Waals surface area contributed by atoms with Crippen molar-refractivity contribution in [1.82, 2.24) is 5.32 Å². The van der Waals surface area contributed by atoms with Gasteiger partial charge in [0.05, 0.1) is 12.7 Å². The van der Waals surface area contributed by atoms with Crippen LogP contribution in [-0.4, -0.2) is 23.9 Å². The summed E-state index contributed by atoms with van der Waals surface area (Å²) in [4.78, 5) is 0. The first kappa shape index (κ1) is 14.5. The van der Waals surface area contributed by atoms with Gasteiger partial charge in [0.15, 0.2) is 0 Å². The van der Waals surface area contributed by atoms with Crippen molar-refractivity contribution in [1.29, 1.82) is 0 Å². The Hall–Kier alpha value is -0.900. The largest absolute Gasteiger partial charge is 0.392 e. The van der Waals surface area contributed by atoms with E-state index in [4.69, 9.17) is 9.84 Å². The maximum absolute atomic E-state index is 9.14. The van der Waals surface area contributed by atoms with Gasteiger partial charge in [0, 0.05) is 19.2 Å². The van der Waals surface area contributed by atoms with E-state index in [-0.39, 0.29) is 6.61 Å². The zero-order valence-corrected chi connectivity index (χ0v) is 11.9. The summed E-state index contributed by atoms with van der Waals surface area (Å²) < 4.78 is 5.79. The molecule has 3 heteroatoms. The van der Waals surface area contributed by atoms with E-state index in [1.54, 1.807) is 0 Å². The predicted octanol–water partition coefficient (Wildman–Crippen LogP) is 2.47. The predicted molar refractivity (Wildman–Crippen MR) is 76.8 cm³/mol. The molecule has 1 heterocycles. The van der Waals surface area contributed by atoms with Crippen LogP contribution in [0, 0.1) is 5.92 Å². The fourth-order valence-electron chi connectivity index (χ4n) is 2.58. The first-order chi connectivity index (χ1) is 9.19. The van der Waals surface area contributed by atoms with Crippen molar-refractivity contribution in [3.63, 3.8) is 0 Å². The van der Waals surface area contributed by atoms with E-state index in [9.17, 15) is 0 Å². The highest BCUT2D eigenvalue weighted by atomic mass is 16.5. The summed E-state index contributed by atoms with van der Waals surface area (Å²) in [5, 5.41) is 12.8. The van der Waals surface area contributed by atoms with E-state index in [0.29, 0.717) is 18.1 Å². The highest BCUT2D eigenvalue weighted by molar-refractivity contribution is 5.22. The fourth-order valence-corrected chi connectivity index (χ4v) is 2.58. The number of rotatable bonds is 5. The van der Waals surface area contributed by atoms with Crippen LogP contribution >= 0.6 is 0 Å². The van der Waals surface area contributed by atoms with E-state index in [1.165, 1.54) is 5.56 Å². The van der Waals surface area contributed by atoms with Crippen LogP contribution in [0.2, 0.25) is 0 Å². The van der Waals surface area contributed by atoms with Crippen LogP contribution in [0.15, 0.2) is 24.3 Å². The lowest BCUT2D eigenvalue weighted by molar-refractivity contribution is -0.0245. The average molecular weight is 263 g/mol. The molecule has 0 aliphatic carbocycles. The van der Waals surface area contributed by atoms with E-state index in [2.05, 4.69) is 31.3 Å². The van der Waals surface area contributed by atoms with Crippen molar-refractivity contribution in [3.8, 4) is 0 Å². The number of hydrogen-bond acceptors (Lipinski definition) is 3. The second-order valence-corrected chi connectivity index (χ2v) is 5.73. The van der Waals surface area contributed by atoms with Crippen LogP contribution in [0.25, 0.3) is 0 Å². The van der Waals surface area contributed by atoms with Crippen LogP contribution in [0.1, 0.15) is 37.8 Å². The summed E-state index contributed by atoms with van der Waals surface area (Å²) in [6.45, 7) is 6.27. The van der Waals surface area contributed by atoms with Gasteiger partial charge in [-0.2, -0.15) is 0 Å². The first-order valence-corrected chi connectivity index (χ1v) is 7.22. The average Bonchev–Trinajstić information content (AvgIpc) is 2.45. The molecule has 1 fully saturated rings. The van der Waals surface area contributed by atoms with E-state index in [0.717, 1.165) is 31.6 Å². The second-order valence-electron chi connectivity index (χ2n) is 5.73. The maximum atomic E-state index is 9.14. The van der Waals surface area contributed by atoms with E-state index < -0.39 is 0 Å². The summed E-state index contributed by atoms with van der Waals surface area (Å²) in [5.41, 5.74) is 2.21. The molecule has 19 heavy (non-hydrogen) atoms. The Balaban J connectivity index is 1.84. The molecule has 3 nitrogen and oxygen atoms in total. The number of aliphatic hydroxyl groups is 1. The molecule has 2 N–H and O–H groups in total. The Bertz CT molecular complexity index is 392. The van der Waals surface area contributed by atoms with Gasteiger partial charge in [-0.3, -0.25) is 0 Å². The second kappa shape index (κ2) is 7.04. The number of ether oxygens (including phenoxy) is 1. The molecule has 1 aromatic carbocycles. The van der Waals surface area contributed by atoms with Gasteiger partial charge in [0.25, 0.3) is 0 Å². The minimum Gasteiger partial charge on any atom is -0.392 e. The Morgan fingerprint density at radius 1 is 1.37 bits per heavy atom. The van der Waals surface area contributed by atoms with Gasteiger partial charge in [0.2, 0.25) is 0 Å². The normalized spacial score (nSPS) is 23.8. The molecule has 106 valence electrons. The fraction of sp³-hybridized carbons (Fsp3) is 0.625. The Morgan fingerprint density at radius 2 is 2.16 bits per heavy atom. The van der Waals surface area contributed by atoms with Crippen molar-refractivity contribution in [2.75, 3.05) is 6.61 Å². The summed E-state index contributed by atoms with van der Waals surface area (Å²) in [7, 11) is 0. The molecule has 1 aliphatic heterocycles. The third kappa shape index (κ3) is 4.30. The minimum atomic E-state index is 0.112. The van der Waals surface area contributed by atoms with Crippen molar-refractivity contribution in [3.05, 3.63) is 35.4 Å². The monoisotopic (exact) mass is 263 g/mol. The number of benzene rings is 1. The topological polar surface area (TPSA) is 41.5 Å². The van der Waals surface area contributed by atoms with Gasteiger partial charge >= 0.3 is 0 Å². The molecule has 2 rings (SSSR count). The molecule has 0 spiro atoms. The molecule has 2 unspecified atom stereocenters. The molecular formula is C16H25NO2. The quantitative estimate of drug-likeness (QED) is 0.857. The molecule has 0 bridgehead atoms. The molecule has 0 amide bonds. The van der Waals surface area contributed by atoms with Crippen molar-refractivity contribution in [2.24, 2.45) is 5.92 Å². The standard InChI is InChI=1S/C16H25NO2/c1-12(2)16-9-15(6-7-19-16)17-10-13-4-3-5-14(8-13)11-18/h3-5,8,12,15-18H,6-7,9-11H2,1-2H3. The molecular weight excluding hydrogens is 238 g/mol. The van der Waals surface area contributed by atoms with Crippen molar-refractivity contribution in [2.45, 2.75) is 52.0 Å².